The largest absolute Gasteiger partial charge is 0.462 e. The molecular formula is C11H14N2O3S. The minimum Gasteiger partial charge on any atom is -0.462 e. The summed E-state index contributed by atoms with van der Waals surface area (Å²) in [6, 6.07) is 0. The van der Waals surface area contributed by atoms with Crippen molar-refractivity contribution < 1.29 is 14.3 Å². The molecule has 0 radical (unpaired) electrons. The molecule has 6 heteroatoms. The fourth-order valence-corrected chi connectivity index (χ4v) is 2.04. The molecule has 0 spiro atoms. The SMILES string of the molecule is CCOC(=O)c1sc(C=CCC(N)=O)nc1C. The third kappa shape index (κ3) is 3.99. The monoisotopic (exact) mass is 254 g/mol. The minimum absolute atomic E-state index is 0.160. The van der Waals surface area contributed by atoms with Crippen LogP contribution in [0.2, 0.25) is 0 Å². The second kappa shape index (κ2) is 6.15. The van der Waals surface area contributed by atoms with Crippen LogP contribution in [0.1, 0.15) is 33.7 Å². The van der Waals surface area contributed by atoms with Gasteiger partial charge in [0.2, 0.25) is 5.91 Å². The molecule has 0 atom stereocenters. The van der Waals surface area contributed by atoms with Crippen LogP contribution in [-0.4, -0.2) is 23.5 Å². The minimum atomic E-state index is -0.403. The summed E-state index contributed by atoms with van der Waals surface area (Å²) in [5.41, 5.74) is 5.63. The van der Waals surface area contributed by atoms with E-state index >= 15 is 0 Å². The molecule has 0 saturated heterocycles. The Morgan fingerprint density at radius 1 is 1.53 bits per heavy atom. The van der Waals surface area contributed by atoms with Crippen molar-refractivity contribution >= 4 is 29.3 Å². The van der Waals surface area contributed by atoms with Gasteiger partial charge in [0.1, 0.15) is 9.88 Å². The maximum absolute atomic E-state index is 11.5. The number of amides is 1. The molecule has 0 aliphatic heterocycles. The highest BCUT2D eigenvalue weighted by molar-refractivity contribution is 7.14. The highest BCUT2D eigenvalue weighted by Gasteiger charge is 2.14. The van der Waals surface area contributed by atoms with E-state index in [0.717, 1.165) is 0 Å². The molecule has 1 aromatic heterocycles. The molecule has 1 aromatic rings. The Morgan fingerprint density at radius 2 is 2.24 bits per heavy atom. The number of hydrogen-bond acceptors (Lipinski definition) is 5. The predicted molar refractivity (Wildman–Crippen MR) is 65.7 cm³/mol. The molecule has 0 saturated carbocycles. The molecule has 0 unspecified atom stereocenters. The number of rotatable bonds is 5. The molecule has 1 amide bonds. The number of thiazole rings is 1. The topological polar surface area (TPSA) is 82.3 Å². The Bertz CT molecular complexity index is 452. The van der Waals surface area contributed by atoms with Crippen molar-refractivity contribution in [2.75, 3.05) is 6.61 Å². The average molecular weight is 254 g/mol. The van der Waals surface area contributed by atoms with E-state index in [1.54, 1.807) is 26.0 Å². The normalized spacial score (nSPS) is 10.7. The lowest BCUT2D eigenvalue weighted by Gasteiger charge is -1.97. The number of nitrogens with two attached hydrogens (primary N) is 1. The number of ether oxygens (including phenoxy) is 1. The molecular weight excluding hydrogens is 240 g/mol. The van der Waals surface area contributed by atoms with E-state index in [-0.39, 0.29) is 12.4 Å². The van der Waals surface area contributed by atoms with Gasteiger partial charge in [-0.15, -0.1) is 11.3 Å². The van der Waals surface area contributed by atoms with Crippen molar-refractivity contribution in [3.05, 3.63) is 21.7 Å². The van der Waals surface area contributed by atoms with Gasteiger partial charge in [-0.25, -0.2) is 9.78 Å². The van der Waals surface area contributed by atoms with Crippen molar-refractivity contribution in [3.63, 3.8) is 0 Å². The summed E-state index contributed by atoms with van der Waals surface area (Å²) in [7, 11) is 0. The summed E-state index contributed by atoms with van der Waals surface area (Å²) in [5, 5.41) is 0.659. The van der Waals surface area contributed by atoms with Crippen LogP contribution < -0.4 is 5.73 Å². The summed E-state index contributed by atoms with van der Waals surface area (Å²) in [4.78, 5) is 26.7. The number of carbonyl (C=O) groups excluding carboxylic acids is 2. The van der Waals surface area contributed by atoms with E-state index in [9.17, 15) is 9.59 Å². The standard InChI is InChI=1S/C11H14N2O3S/c1-3-16-11(15)10-7(2)13-9(17-10)6-4-5-8(12)14/h4,6H,3,5H2,1-2H3,(H2,12,14). The molecule has 17 heavy (non-hydrogen) atoms. The Balaban J connectivity index is 2.77. The van der Waals surface area contributed by atoms with Crippen molar-refractivity contribution in [2.24, 2.45) is 5.73 Å². The van der Waals surface area contributed by atoms with Gasteiger partial charge >= 0.3 is 5.97 Å². The number of aryl methyl sites for hydroxylation is 1. The average Bonchev–Trinajstić information content (AvgIpc) is 2.59. The molecule has 0 bridgehead atoms. The quantitative estimate of drug-likeness (QED) is 0.807. The van der Waals surface area contributed by atoms with E-state index in [1.807, 2.05) is 0 Å². The van der Waals surface area contributed by atoms with Crippen LogP contribution in [0.15, 0.2) is 6.08 Å². The van der Waals surface area contributed by atoms with Crippen LogP contribution in [0.3, 0.4) is 0 Å². The van der Waals surface area contributed by atoms with Crippen molar-refractivity contribution in [1.82, 2.24) is 4.98 Å². The fourth-order valence-electron chi connectivity index (χ4n) is 1.15. The van der Waals surface area contributed by atoms with Gasteiger partial charge in [0.25, 0.3) is 0 Å². The van der Waals surface area contributed by atoms with Gasteiger partial charge in [-0.2, -0.15) is 0 Å². The fraction of sp³-hybridized carbons (Fsp3) is 0.364. The molecule has 0 aliphatic carbocycles. The van der Waals surface area contributed by atoms with Gasteiger partial charge in [0.15, 0.2) is 0 Å². The Kier molecular flexibility index (Phi) is 4.84. The summed E-state index contributed by atoms with van der Waals surface area (Å²) in [5.74, 6) is -0.766. The second-order valence-electron chi connectivity index (χ2n) is 3.26. The summed E-state index contributed by atoms with van der Waals surface area (Å²) in [6.45, 7) is 3.83. The van der Waals surface area contributed by atoms with E-state index in [0.29, 0.717) is 22.2 Å². The molecule has 2 N–H and O–H groups in total. The van der Waals surface area contributed by atoms with Crippen LogP contribution in [-0.2, 0) is 9.53 Å². The van der Waals surface area contributed by atoms with Gasteiger partial charge < -0.3 is 10.5 Å². The number of hydrogen-bond donors (Lipinski definition) is 1. The molecule has 1 heterocycles. The van der Waals surface area contributed by atoms with E-state index in [4.69, 9.17) is 10.5 Å². The zero-order valence-electron chi connectivity index (χ0n) is 9.73. The summed E-state index contributed by atoms with van der Waals surface area (Å²) in [6.07, 6.45) is 3.45. The van der Waals surface area contributed by atoms with Crippen molar-refractivity contribution in [1.29, 1.82) is 0 Å². The first kappa shape index (κ1) is 13.4. The van der Waals surface area contributed by atoms with Gasteiger partial charge in [-0.3, -0.25) is 4.79 Å². The first-order valence-corrected chi connectivity index (χ1v) is 5.95. The lowest BCUT2D eigenvalue weighted by Crippen LogP contribution is -2.07. The maximum Gasteiger partial charge on any atom is 0.350 e. The van der Waals surface area contributed by atoms with Gasteiger partial charge in [0.05, 0.1) is 12.3 Å². The Labute approximate surface area is 103 Å². The van der Waals surface area contributed by atoms with Crippen LogP contribution in [0, 0.1) is 6.92 Å². The lowest BCUT2D eigenvalue weighted by molar-refractivity contribution is -0.117. The Morgan fingerprint density at radius 3 is 2.82 bits per heavy atom. The van der Waals surface area contributed by atoms with Gasteiger partial charge in [-0.05, 0) is 19.9 Å². The number of aromatic nitrogens is 1. The first-order chi connectivity index (χ1) is 8.04. The predicted octanol–water partition coefficient (Wildman–Crippen LogP) is 1.52. The van der Waals surface area contributed by atoms with E-state index in [1.165, 1.54) is 11.3 Å². The number of nitrogens with zero attached hydrogens (tertiary/aromatic N) is 1. The second-order valence-corrected chi connectivity index (χ2v) is 4.29. The molecule has 0 aromatic carbocycles. The molecule has 92 valence electrons. The highest BCUT2D eigenvalue weighted by atomic mass is 32.1. The van der Waals surface area contributed by atoms with E-state index in [2.05, 4.69) is 4.98 Å². The van der Waals surface area contributed by atoms with Crippen LogP contribution in [0.4, 0.5) is 0 Å². The summed E-state index contributed by atoms with van der Waals surface area (Å²) < 4.78 is 4.90. The zero-order valence-corrected chi connectivity index (χ0v) is 10.5. The third-order valence-corrected chi connectivity index (χ3v) is 2.96. The first-order valence-electron chi connectivity index (χ1n) is 5.14. The Hall–Kier alpha value is -1.69. The van der Waals surface area contributed by atoms with Gasteiger partial charge in [0, 0.05) is 6.42 Å². The molecule has 0 aliphatic rings. The summed E-state index contributed by atoms with van der Waals surface area (Å²) >= 11 is 1.23. The molecule has 5 nitrogen and oxygen atoms in total. The molecule has 1 rings (SSSR count). The number of esters is 1. The zero-order chi connectivity index (χ0) is 12.8. The van der Waals surface area contributed by atoms with Crippen molar-refractivity contribution in [2.45, 2.75) is 20.3 Å². The third-order valence-electron chi connectivity index (χ3n) is 1.85. The number of carbonyl (C=O) groups is 2. The van der Waals surface area contributed by atoms with E-state index < -0.39 is 5.91 Å². The smallest absolute Gasteiger partial charge is 0.350 e. The van der Waals surface area contributed by atoms with Crippen molar-refractivity contribution in [3.8, 4) is 0 Å². The highest BCUT2D eigenvalue weighted by Crippen LogP contribution is 2.20. The maximum atomic E-state index is 11.5. The van der Waals surface area contributed by atoms with Crippen LogP contribution >= 0.6 is 11.3 Å². The van der Waals surface area contributed by atoms with Crippen LogP contribution in [0.5, 0.6) is 0 Å². The lowest BCUT2D eigenvalue weighted by atomic mass is 10.3. The van der Waals surface area contributed by atoms with Crippen LogP contribution in [0.25, 0.3) is 6.08 Å². The number of primary amides is 1. The van der Waals surface area contributed by atoms with Gasteiger partial charge in [-0.1, -0.05) is 6.08 Å². The molecule has 0 fully saturated rings.